The number of hydrogen-bond donors (Lipinski definition) is 1. The Kier molecular flexibility index (Phi) is 4.47. The van der Waals surface area contributed by atoms with Crippen molar-refractivity contribution in [1.82, 2.24) is 9.97 Å². The normalized spacial score (nSPS) is 12.2. The van der Waals surface area contributed by atoms with Gasteiger partial charge in [0.05, 0.1) is 23.7 Å². The predicted octanol–water partition coefficient (Wildman–Crippen LogP) is 2.56. The standard InChI is InChI=1S/C15H19N3O/c1-3-18(11-13-6-8-16-9-7-13)14-4-5-15(12(2)19)17-10-14/h4-10,12,19H,3,11H2,1-2H3/t12-/m0/s1. The van der Waals surface area contributed by atoms with E-state index in [1.54, 1.807) is 19.3 Å². The molecule has 0 aliphatic heterocycles. The summed E-state index contributed by atoms with van der Waals surface area (Å²) in [7, 11) is 0. The zero-order valence-corrected chi connectivity index (χ0v) is 11.3. The van der Waals surface area contributed by atoms with Crippen LogP contribution in [0, 0.1) is 0 Å². The minimum absolute atomic E-state index is 0.524. The molecule has 2 aromatic rings. The molecule has 0 aromatic carbocycles. The van der Waals surface area contributed by atoms with E-state index in [4.69, 9.17) is 0 Å². The van der Waals surface area contributed by atoms with E-state index in [9.17, 15) is 5.11 Å². The minimum atomic E-state index is -0.524. The summed E-state index contributed by atoms with van der Waals surface area (Å²) in [6.45, 7) is 5.56. The van der Waals surface area contributed by atoms with E-state index < -0.39 is 6.10 Å². The van der Waals surface area contributed by atoms with E-state index in [1.807, 2.05) is 30.5 Å². The molecule has 0 aliphatic rings. The van der Waals surface area contributed by atoms with Crippen LogP contribution in [0.1, 0.15) is 31.2 Å². The molecule has 0 bridgehead atoms. The molecule has 2 heterocycles. The van der Waals surface area contributed by atoms with Crippen LogP contribution in [0.5, 0.6) is 0 Å². The smallest absolute Gasteiger partial charge is 0.0931 e. The van der Waals surface area contributed by atoms with Gasteiger partial charge in [-0.05, 0) is 43.7 Å². The molecule has 0 saturated carbocycles. The topological polar surface area (TPSA) is 49.2 Å². The van der Waals surface area contributed by atoms with Crippen molar-refractivity contribution in [2.75, 3.05) is 11.4 Å². The lowest BCUT2D eigenvalue weighted by molar-refractivity contribution is 0.194. The molecule has 0 fully saturated rings. The van der Waals surface area contributed by atoms with Crippen molar-refractivity contribution in [1.29, 1.82) is 0 Å². The summed E-state index contributed by atoms with van der Waals surface area (Å²) in [5.74, 6) is 0. The van der Waals surface area contributed by atoms with Crippen molar-refractivity contribution >= 4 is 5.69 Å². The van der Waals surface area contributed by atoms with Gasteiger partial charge in [-0.25, -0.2) is 0 Å². The Labute approximate surface area is 113 Å². The van der Waals surface area contributed by atoms with Crippen LogP contribution in [0.2, 0.25) is 0 Å². The van der Waals surface area contributed by atoms with Gasteiger partial charge >= 0.3 is 0 Å². The summed E-state index contributed by atoms with van der Waals surface area (Å²) < 4.78 is 0. The SMILES string of the molecule is CCN(Cc1ccncc1)c1ccc([C@H](C)O)nc1. The van der Waals surface area contributed by atoms with Crippen molar-refractivity contribution in [2.45, 2.75) is 26.5 Å². The predicted molar refractivity (Wildman–Crippen MR) is 75.8 cm³/mol. The highest BCUT2D eigenvalue weighted by atomic mass is 16.3. The number of rotatable bonds is 5. The Balaban J connectivity index is 2.13. The Morgan fingerprint density at radius 1 is 1.21 bits per heavy atom. The molecule has 1 atom stereocenters. The van der Waals surface area contributed by atoms with Gasteiger partial charge in [0.1, 0.15) is 0 Å². The fourth-order valence-electron chi connectivity index (χ4n) is 1.93. The third-order valence-corrected chi connectivity index (χ3v) is 3.07. The Bertz CT molecular complexity index is 497. The number of nitrogens with zero attached hydrogens (tertiary/aromatic N) is 3. The largest absolute Gasteiger partial charge is 0.387 e. The van der Waals surface area contributed by atoms with Crippen LogP contribution in [0.4, 0.5) is 5.69 Å². The molecule has 2 rings (SSSR count). The van der Waals surface area contributed by atoms with Crippen LogP contribution in [0.3, 0.4) is 0 Å². The average molecular weight is 257 g/mol. The molecular weight excluding hydrogens is 238 g/mol. The number of pyridine rings is 2. The molecule has 1 N–H and O–H groups in total. The molecule has 19 heavy (non-hydrogen) atoms. The number of aromatic nitrogens is 2. The Hall–Kier alpha value is -1.94. The molecule has 0 radical (unpaired) electrons. The number of aliphatic hydroxyl groups excluding tert-OH is 1. The highest BCUT2D eigenvalue weighted by molar-refractivity contribution is 5.45. The molecule has 0 saturated heterocycles. The maximum absolute atomic E-state index is 9.46. The van der Waals surface area contributed by atoms with Crippen molar-refractivity contribution < 1.29 is 5.11 Å². The minimum Gasteiger partial charge on any atom is -0.387 e. The van der Waals surface area contributed by atoms with E-state index in [1.165, 1.54) is 5.56 Å². The summed E-state index contributed by atoms with van der Waals surface area (Å²) in [6.07, 6.45) is 4.90. The van der Waals surface area contributed by atoms with E-state index >= 15 is 0 Å². The highest BCUT2D eigenvalue weighted by Crippen LogP contribution is 2.18. The quantitative estimate of drug-likeness (QED) is 0.894. The van der Waals surface area contributed by atoms with Crippen molar-refractivity contribution in [3.63, 3.8) is 0 Å². The lowest BCUT2D eigenvalue weighted by Crippen LogP contribution is -2.22. The van der Waals surface area contributed by atoms with Crippen LogP contribution in [-0.4, -0.2) is 21.6 Å². The maximum Gasteiger partial charge on any atom is 0.0931 e. The van der Waals surface area contributed by atoms with E-state index in [0.717, 1.165) is 18.8 Å². The fraction of sp³-hybridized carbons (Fsp3) is 0.333. The molecule has 4 nitrogen and oxygen atoms in total. The summed E-state index contributed by atoms with van der Waals surface area (Å²) in [5, 5.41) is 9.46. The van der Waals surface area contributed by atoms with Gasteiger partial charge in [-0.15, -0.1) is 0 Å². The third kappa shape index (κ3) is 3.51. The Morgan fingerprint density at radius 2 is 1.95 bits per heavy atom. The van der Waals surface area contributed by atoms with Gasteiger partial charge in [0.15, 0.2) is 0 Å². The van der Waals surface area contributed by atoms with Gasteiger partial charge in [-0.2, -0.15) is 0 Å². The zero-order valence-electron chi connectivity index (χ0n) is 11.3. The molecular formula is C15H19N3O. The van der Waals surface area contributed by atoms with Crippen LogP contribution < -0.4 is 4.90 Å². The van der Waals surface area contributed by atoms with Crippen LogP contribution in [0.15, 0.2) is 42.9 Å². The molecule has 0 aliphatic carbocycles. The first-order valence-electron chi connectivity index (χ1n) is 6.48. The van der Waals surface area contributed by atoms with Crippen molar-refractivity contribution in [3.8, 4) is 0 Å². The summed E-state index contributed by atoms with van der Waals surface area (Å²) in [5.41, 5.74) is 2.98. The molecule has 0 amide bonds. The third-order valence-electron chi connectivity index (χ3n) is 3.07. The first kappa shape index (κ1) is 13.5. The monoisotopic (exact) mass is 257 g/mol. The van der Waals surface area contributed by atoms with E-state index in [2.05, 4.69) is 21.8 Å². The van der Waals surface area contributed by atoms with E-state index in [0.29, 0.717) is 5.69 Å². The second kappa shape index (κ2) is 6.29. The molecule has 2 aromatic heterocycles. The average Bonchev–Trinajstić information content (AvgIpc) is 2.46. The summed E-state index contributed by atoms with van der Waals surface area (Å²) in [4.78, 5) is 10.5. The summed E-state index contributed by atoms with van der Waals surface area (Å²) >= 11 is 0. The number of anilines is 1. The van der Waals surface area contributed by atoms with E-state index in [-0.39, 0.29) is 0 Å². The lowest BCUT2D eigenvalue weighted by atomic mass is 10.2. The van der Waals surface area contributed by atoms with Gasteiger partial charge in [0.2, 0.25) is 0 Å². The zero-order chi connectivity index (χ0) is 13.7. The first-order valence-corrected chi connectivity index (χ1v) is 6.48. The second-order valence-corrected chi connectivity index (χ2v) is 4.49. The number of aliphatic hydroxyl groups is 1. The van der Waals surface area contributed by atoms with Crippen LogP contribution >= 0.6 is 0 Å². The fourth-order valence-corrected chi connectivity index (χ4v) is 1.93. The number of hydrogen-bond acceptors (Lipinski definition) is 4. The Morgan fingerprint density at radius 3 is 2.47 bits per heavy atom. The maximum atomic E-state index is 9.46. The van der Waals surface area contributed by atoms with Gasteiger partial charge in [-0.1, -0.05) is 0 Å². The van der Waals surface area contributed by atoms with Gasteiger partial charge in [0, 0.05) is 25.5 Å². The summed E-state index contributed by atoms with van der Waals surface area (Å²) in [6, 6.07) is 7.90. The van der Waals surface area contributed by atoms with Crippen LogP contribution in [0.25, 0.3) is 0 Å². The second-order valence-electron chi connectivity index (χ2n) is 4.49. The molecule has 100 valence electrons. The van der Waals surface area contributed by atoms with Gasteiger partial charge in [-0.3, -0.25) is 9.97 Å². The van der Waals surface area contributed by atoms with Gasteiger partial charge < -0.3 is 10.0 Å². The lowest BCUT2D eigenvalue weighted by Gasteiger charge is -2.23. The molecule has 4 heteroatoms. The first-order chi connectivity index (χ1) is 9.20. The highest BCUT2D eigenvalue weighted by Gasteiger charge is 2.07. The van der Waals surface area contributed by atoms with Crippen molar-refractivity contribution in [3.05, 3.63) is 54.1 Å². The van der Waals surface area contributed by atoms with Gasteiger partial charge in [0.25, 0.3) is 0 Å². The molecule has 0 unspecified atom stereocenters. The molecule has 0 spiro atoms. The van der Waals surface area contributed by atoms with Crippen LogP contribution in [-0.2, 0) is 6.54 Å². The van der Waals surface area contributed by atoms with Crippen molar-refractivity contribution in [2.24, 2.45) is 0 Å².